The van der Waals surface area contributed by atoms with E-state index in [4.69, 9.17) is 20.3 Å². The third-order valence-corrected chi connectivity index (χ3v) is 3.74. The van der Waals surface area contributed by atoms with E-state index < -0.39 is 43.8 Å². The van der Waals surface area contributed by atoms with Crippen molar-refractivity contribution in [1.82, 2.24) is 9.55 Å². The number of anilines is 1. The first kappa shape index (κ1) is 16.0. The molecule has 0 aromatic carbocycles. The molecule has 21 heavy (non-hydrogen) atoms. The number of halogens is 2. The van der Waals surface area contributed by atoms with Crippen molar-refractivity contribution in [3.8, 4) is 0 Å². The summed E-state index contributed by atoms with van der Waals surface area (Å²) in [5, 5.41) is 9.48. The molecule has 0 amide bonds. The number of hydrogen-bond acceptors (Lipinski definition) is 6. The molecule has 0 aliphatic carbocycles. The molecule has 1 aromatic rings. The van der Waals surface area contributed by atoms with Crippen LogP contribution in [0.4, 0.5) is 14.6 Å². The Morgan fingerprint density at radius 3 is 2.67 bits per heavy atom. The predicted octanol–water partition coefficient (Wildman–Crippen LogP) is -1.10. The van der Waals surface area contributed by atoms with Crippen molar-refractivity contribution in [3.63, 3.8) is 0 Å². The zero-order valence-electron chi connectivity index (χ0n) is 10.3. The van der Waals surface area contributed by atoms with E-state index in [1.54, 1.807) is 0 Å². The van der Waals surface area contributed by atoms with E-state index in [9.17, 15) is 23.2 Å². The van der Waals surface area contributed by atoms with Crippen LogP contribution in [0, 0.1) is 0 Å². The van der Waals surface area contributed by atoms with Crippen LogP contribution in [0.25, 0.3) is 0 Å². The van der Waals surface area contributed by atoms with Crippen molar-refractivity contribution in [2.75, 3.05) is 11.9 Å². The van der Waals surface area contributed by atoms with Crippen molar-refractivity contribution in [1.29, 1.82) is 0 Å². The molecule has 0 spiro atoms. The van der Waals surface area contributed by atoms with Gasteiger partial charge < -0.3 is 25.4 Å². The number of nitrogen functional groups attached to an aromatic ring is 1. The maximum atomic E-state index is 13.9. The average molecular weight is 327 g/mol. The molecule has 0 unspecified atom stereocenters. The van der Waals surface area contributed by atoms with Gasteiger partial charge in [-0.3, -0.25) is 9.13 Å². The van der Waals surface area contributed by atoms with Crippen LogP contribution in [0.2, 0.25) is 0 Å². The first-order valence-corrected chi connectivity index (χ1v) is 7.42. The van der Waals surface area contributed by atoms with Gasteiger partial charge >= 0.3 is 19.2 Å². The molecule has 3 atom stereocenters. The number of hydrogen-bond donors (Lipinski definition) is 4. The maximum Gasteiger partial charge on any atom is 0.351 e. The summed E-state index contributed by atoms with van der Waals surface area (Å²) in [4.78, 5) is 32.4. The molecular formula is C9H12F2N3O6P. The number of aliphatic hydroxyl groups excluding tert-OH is 1. The minimum absolute atomic E-state index is 0.190. The molecule has 1 fully saturated rings. The van der Waals surface area contributed by atoms with Crippen LogP contribution >= 0.6 is 7.60 Å². The normalized spacial score (nSPS) is 28.7. The Morgan fingerprint density at radius 1 is 1.52 bits per heavy atom. The summed E-state index contributed by atoms with van der Waals surface area (Å²) in [6, 6.07) is 1.07. The molecule has 0 bridgehead atoms. The molecule has 2 rings (SSSR count). The lowest BCUT2D eigenvalue weighted by molar-refractivity contribution is -0.140. The number of rotatable bonds is 3. The second-order valence-corrected chi connectivity index (χ2v) is 6.23. The second kappa shape index (κ2) is 5.11. The highest BCUT2D eigenvalue weighted by molar-refractivity contribution is 7.51. The molecule has 2 heterocycles. The van der Waals surface area contributed by atoms with Gasteiger partial charge in [-0.2, -0.15) is 13.8 Å². The maximum absolute atomic E-state index is 13.9. The highest BCUT2D eigenvalue weighted by Gasteiger charge is 2.60. The van der Waals surface area contributed by atoms with E-state index in [0.29, 0.717) is 4.57 Å². The molecule has 1 aliphatic heterocycles. The first-order chi connectivity index (χ1) is 9.52. The fourth-order valence-corrected chi connectivity index (χ4v) is 2.71. The van der Waals surface area contributed by atoms with Gasteiger partial charge in [-0.25, -0.2) is 4.79 Å². The molecule has 9 nitrogen and oxygen atoms in total. The quantitative estimate of drug-likeness (QED) is 0.511. The predicted molar refractivity (Wildman–Crippen MR) is 64.7 cm³/mol. The van der Waals surface area contributed by atoms with Gasteiger partial charge in [-0.15, -0.1) is 0 Å². The molecule has 118 valence electrons. The van der Waals surface area contributed by atoms with Gasteiger partial charge in [0.2, 0.25) is 6.23 Å². The van der Waals surface area contributed by atoms with Crippen molar-refractivity contribution in [2.24, 2.45) is 0 Å². The Balaban J connectivity index is 2.36. The number of aromatic nitrogens is 2. The smallest absolute Gasteiger partial charge is 0.351 e. The van der Waals surface area contributed by atoms with Gasteiger partial charge in [0.25, 0.3) is 0 Å². The SMILES string of the molecule is Nc1ccn([C@@H]2O[C@H](CP(=O)(O)O)[C@@H](O)C2(F)F)c(=O)n1. The summed E-state index contributed by atoms with van der Waals surface area (Å²) in [5.74, 6) is -4.12. The molecule has 5 N–H and O–H groups in total. The number of alkyl halides is 2. The zero-order valence-corrected chi connectivity index (χ0v) is 11.2. The third-order valence-electron chi connectivity index (χ3n) is 2.90. The average Bonchev–Trinajstić information content (AvgIpc) is 2.51. The van der Waals surface area contributed by atoms with Gasteiger partial charge in [0.15, 0.2) is 0 Å². The van der Waals surface area contributed by atoms with Crippen LogP contribution in [-0.2, 0) is 9.30 Å². The van der Waals surface area contributed by atoms with Gasteiger partial charge in [0, 0.05) is 6.20 Å². The van der Waals surface area contributed by atoms with Crippen LogP contribution in [0.3, 0.4) is 0 Å². The Labute approximate surface area is 116 Å². The number of aliphatic hydroxyl groups is 1. The van der Waals surface area contributed by atoms with E-state index in [0.717, 1.165) is 12.3 Å². The summed E-state index contributed by atoms with van der Waals surface area (Å²) < 4.78 is 43.9. The Hall–Kier alpha value is -1.39. The lowest BCUT2D eigenvalue weighted by Crippen LogP contribution is -2.41. The van der Waals surface area contributed by atoms with Crippen LogP contribution in [0.1, 0.15) is 6.23 Å². The van der Waals surface area contributed by atoms with E-state index >= 15 is 0 Å². The third kappa shape index (κ3) is 3.11. The van der Waals surface area contributed by atoms with Crippen LogP contribution < -0.4 is 11.4 Å². The summed E-state index contributed by atoms with van der Waals surface area (Å²) >= 11 is 0. The lowest BCUT2D eigenvalue weighted by Gasteiger charge is -2.20. The van der Waals surface area contributed by atoms with E-state index in [1.165, 1.54) is 0 Å². The van der Waals surface area contributed by atoms with Crippen LogP contribution in [0.5, 0.6) is 0 Å². The van der Waals surface area contributed by atoms with Crippen LogP contribution in [0.15, 0.2) is 17.1 Å². The molecule has 0 saturated carbocycles. The van der Waals surface area contributed by atoms with Crippen molar-refractivity contribution < 1.29 is 33.0 Å². The number of ether oxygens (including phenoxy) is 1. The van der Waals surface area contributed by atoms with Crippen LogP contribution in [-0.4, -0.2) is 48.7 Å². The molecular weight excluding hydrogens is 315 g/mol. The zero-order chi connectivity index (χ0) is 16.0. The molecule has 1 saturated heterocycles. The summed E-state index contributed by atoms with van der Waals surface area (Å²) in [6.45, 7) is 0. The van der Waals surface area contributed by atoms with E-state index in [-0.39, 0.29) is 5.82 Å². The summed E-state index contributed by atoms with van der Waals surface area (Å²) in [5.41, 5.74) is 4.09. The Kier molecular flexibility index (Phi) is 3.89. The topological polar surface area (TPSA) is 148 Å². The van der Waals surface area contributed by atoms with Crippen molar-refractivity contribution in [3.05, 3.63) is 22.7 Å². The first-order valence-electron chi connectivity index (χ1n) is 5.63. The standard InChI is InChI=1S/C9H12F2N3O6P/c10-9(11)6(15)4(3-21(17,18)19)20-7(9)14-2-1-5(12)13-8(14)16/h1-2,4,6-7,15H,3H2,(H2,12,13,16)(H2,17,18,19)/t4-,6-,7-/m1/s1. The molecule has 12 heteroatoms. The minimum atomic E-state index is -4.69. The monoisotopic (exact) mass is 327 g/mol. The second-order valence-electron chi connectivity index (χ2n) is 4.54. The van der Waals surface area contributed by atoms with E-state index in [1.807, 2.05) is 0 Å². The summed E-state index contributed by atoms with van der Waals surface area (Å²) in [6.07, 6.45) is -6.73. The largest absolute Gasteiger partial charge is 0.384 e. The fraction of sp³-hybridized carbons (Fsp3) is 0.556. The highest BCUT2D eigenvalue weighted by Crippen LogP contribution is 2.47. The Morgan fingerprint density at radius 2 is 2.14 bits per heavy atom. The van der Waals surface area contributed by atoms with Crippen molar-refractivity contribution in [2.45, 2.75) is 24.4 Å². The highest BCUT2D eigenvalue weighted by atomic mass is 31.2. The summed E-state index contributed by atoms with van der Waals surface area (Å²) in [7, 11) is -4.69. The fourth-order valence-electron chi connectivity index (χ4n) is 1.96. The number of nitrogens with zero attached hydrogens (tertiary/aromatic N) is 2. The van der Waals surface area contributed by atoms with Gasteiger partial charge in [0.1, 0.15) is 18.0 Å². The van der Waals surface area contributed by atoms with Gasteiger partial charge in [-0.1, -0.05) is 0 Å². The number of nitrogens with two attached hydrogens (primary N) is 1. The lowest BCUT2D eigenvalue weighted by atomic mass is 10.1. The minimum Gasteiger partial charge on any atom is -0.384 e. The van der Waals surface area contributed by atoms with Gasteiger partial charge in [0.05, 0.1) is 6.16 Å². The molecule has 1 aliphatic rings. The van der Waals surface area contributed by atoms with Gasteiger partial charge in [-0.05, 0) is 6.07 Å². The van der Waals surface area contributed by atoms with Crippen molar-refractivity contribution >= 4 is 13.4 Å². The van der Waals surface area contributed by atoms with E-state index in [2.05, 4.69) is 4.98 Å². The Bertz CT molecular complexity index is 647. The molecule has 1 aromatic heterocycles. The molecule has 0 radical (unpaired) electrons.